The van der Waals surface area contributed by atoms with Crippen molar-refractivity contribution >= 4 is 23.0 Å². The number of amides is 1. The molecule has 1 aliphatic heterocycles. The summed E-state index contributed by atoms with van der Waals surface area (Å²) in [5, 5.41) is 2.87. The number of rotatable bonds is 2. The van der Waals surface area contributed by atoms with Gasteiger partial charge in [0.15, 0.2) is 0 Å². The first-order chi connectivity index (χ1) is 9.65. The van der Waals surface area contributed by atoms with Crippen LogP contribution in [0.4, 0.5) is 17.1 Å². The van der Waals surface area contributed by atoms with Crippen LogP contribution in [0, 0.1) is 0 Å². The Balaban J connectivity index is 1.99. The van der Waals surface area contributed by atoms with E-state index >= 15 is 0 Å². The number of carbonyl (C=O) groups excluding carboxylic acids is 1. The predicted octanol–water partition coefficient (Wildman–Crippen LogP) is 2.19. The molecule has 20 heavy (non-hydrogen) atoms. The van der Waals surface area contributed by atoms with E-state index in [1.165, 1.54) is 0 Å². The number of pyridine rings is 1. The maximum atomic E-state index is 11.8. The summed E-state index contributed by atoms with van der Waals surface area (Å²) >= 11 is 0. The first kappa shape index (κ1) is 12.6. The van der Waals surface area contributed by atoms with Gasteiger partial charge in [-0.15, -0.1) is 0 Å². The number of anilines is 3. The van der Waals surface area contributed by atoms with Gasteiger partial charge in [-0.1, -0.05) is 12.1 Å². The fourth-order valence-corrected chi connectivity index (χ4v) is 2.29. The molecule has 0 saturated carbocycles. The van der Waals surface area contributed by atoms with E-state index in [4.69, 9.17) is 5.73 Å². The highest BCUT2D eigenvalue weighted by Crippen LogP contribution is 2.34. The van der Waals surface area contributed by atoms with Crippen LogP contribution in [-0.4, -0.2) is 17.4 Å². The first-order valence-electron chi connectivity index (χ1n) is 6.53. The number of nitrogens with two attached hydrogens (primary N) is 1. The van der Waals surface area contributed by atoms with Crippen molar-refractivity contribution in [2.45, 2.75) is 13.0 Å². The normalized spacial score (nSPS) is 15.5. The summed E-state index contributed by atoms with van der Waals surface area (Å²) < 4.78 is 0. The fraction of sp³-hybridized carbons (Fsp3) is 0.200. The zero-order valence-corrected chi connectivity index (χ0v) is 11.2. The van der Waals surface area contributed by atoms with E-state index in [1.807, 2.05) is 48.2 Å². The number of hydrogen-bond acceptors (Lipinski definition) is 4. The van der Waals surface area contributed by atoms with Crippen molar-refractivity contribution in [1.29, 1.82) is 0 Å². The van der Waals surface area contributed by atoms with Crippen LogP contribution in [0.5, 0.6) is 0 Å². The molecule has 1 aromatic heterocycles. The zero-order valence-electron chi connectivity index (χ0n) is 11.2. The lowest BCUT2D eigenvalue weighted by atomic mass is 10.1. The Morgan fingerprint density at radius 3 is 2.80 bits per heavy atom. The van der Waals surface area contributed by atoms with Gasteiger partial charge >= 0.3 is 0 Å². The highest BCUT2D eigenvalue weighted by Gasteiger charge is 2.22. The van der Waals surface area contributed by atoms with Gasteiger partial charge in [-0.25, -0.2) is 0 Å². The highest BCUT2D eigenvalue weighted by molar-refractivity contribution is 6.03. The van der Waals surface area contributed by atoms with Gasteiger partial charge in [0.2, 0.25) is 5.91 Å². The van der Waals surface area contributed by atoms with Crippen LogP contribution in [0.2, 0.25) is 0 Å². The molecule has 1 atom stereocenters. The van der Waals surface area contributed by atoms with E-state index in [0.717, 1.165) is 22.8 Å². The summed E-state index contributed by atoms with van der Waals surface area (Å²) in [6, 6.07) is 11.5. The fourth-order valence-electron chi connectivity index (χ4n) is 2.29. The molecule has 0 spiro atoms. The maximum Gasteiger partial charge on any atom is 0.244 e. The summed E-state index contributed by atoms with van der Waals surface area (Å²) in [7, 11) is 0. The molecular weight excluding hydrogens is 252 g/mol. The Morgan fingerprint density at radius 1 is 1.30 bits per heavy atom. The lowest BCUT2D eigenvalue weighted by Gasteiger charge is -2.30. The lowest BCUT2D eigenvalue weighted by Crippen LogP contribution is -2.35. The topological polar surface area (TPSA) is 71.2 Å². The van der Waals surface area contributed by atoms with E-state index in [-0.39, 0.29) is 18.5 Å². The van der Waals surface area contributed by atoms with Gasteiger partial charge in [-0.05, 0) is 31.2 Å². The number of carbonyl (C=O) groups is 1. The molecule has 0 bridgehead atoms. The number of benzene rings is 1. The van der Waals surface area contributed by atoms with Crippen molar-refractivity contribution in [2.24, 2.45) is 5.73 Å². The van der Waals surface area contributed by atoms with E-state index < -0.39 is 0 Å². The molecule has 5 nitrogen and oxygen atoms in total. The summed E-state index contributed by atoms with van der Waals surface area (Å²) in [6.45, 7) is 2.18. The Kier molecular flexibility index (Phi) is 3.12. The number of fused-ring (bicyclic) bond motifs is 1. The summed E-state index contributed by atoms with van der Waals surface area (Å²) in [4.78, 5) is 18.1. The molecular formula is C15H16N4O. The largest absolute Gasteiger partial charge is 0.329 e. The highest BCUT2D eigenvalue weighted by atomic mass is 16.2. The third kappa shape index (κ3) is 2.23. The zero-order chi connectivity index (χ0) is 14.1. The van der Waals surface area contributed by atoms with Gasteiger partial charge in [-0.2, -0.15) is 0 Å². The van der Waals surface area contributed by atoms with Crippen molar-refractivity contribution < 1.29 is 4.79 Å². The maximum absolute atomic E-state index is 11.8. The van der Waals surface area contributed by atoms with Crippen LogP contribution in [0.1, 0.15) is 18.7 Å². The number of aromatic nitrogens is 1. The first-order valence-corrected chi connectivity index (χ1v) is 6.53. The van der Waals surface area contributed by atoms with Crippen molar-refractivity contribution in [3.63, 3.8) is 0 Å². The van der Waals surface area contributed by atoms with Gasteiger partial charge in [0, 0.05) is 6.04 Å². The minimum atomic E-state index is -0.0963. The Hall–Kier alpha value is -2.40. The van der Waals surface area contributed by atoms with Crippen LogP contribution >= 0.6 is 0 Å². The quantitative estimate of drug-likeness (QED) is 0.875. The summed E-state index contributed by atoms with van der Waals surface area (Å²) in [5.41, 5.74) is 9.32. The lowest BCUT2D eigenvalue weighted by molar-refractivity contribution is -0.115. The molecule has 0 fully saturated rings. The van der Waals surface area contributed by atoms with Gasteiger partial charge < -0.3 is 16.0 Å². The van der Waals surface area contributed by atoms with Gasteiger partial charge in [0.25, 0.3) is 0 Å². The van der Waals surface area contributed by atoms with Crippen molar-refractivity contribution in [2.75, 3.05) is 16.8 Å². The molecule has 1 aromatic carbocycles. The Bertz CT molecular complexity index is 637. The monoisotopic (exact) mass is 268 g/mol. The third-order valence-electron chi connectivity index (χ3n) is 3.32. The smallest absolute Gasteiger partial charge is 0.244 e. The second-order valence-electron chi connectivity index (χ2n) is 4.88. The molecule has 3 rings (SSSR count). The van der Waals surface area contributed by atoms with Crippen LogP contribution in [0.3, 0.4) is 0 Å². The SMILES string of the molecule is C[C@@H](N)c1ccc(N2CC(=O)Nc3ccccc32)cn1. The van der Waals surface area contributed by atoms with Crippen LogP contribution in [-0.2, 0) is 4.79 Å². The molecule has 5 heteroatoms. The third-order valence-corrected chi connectivity index (χ3v) is 3.32. The van der Waals surface area contributed by atoms with Crippen LogP contribution in [0.25, 0.3) is 0 Å². The van der Waals surface area contributed by atoms with E-state index in [1.54, 1.807) is 6.20 Å². The second-order valence-corrected chi connectivity index (χ2v) is 4.88. The average Bonchev–Trinajstić information content (AvgIpc) is 2.46. The number of hydrogen-bond donors (Lipinski definition) is 2. The molecule has 1 amide bonds. The van der Waals surface area contributed by atoms with Crippen LogP contribution in [0.15, 0.2) is 42.6 Å². The number of nitrogens with zero attached hydrogens (tertiary/aromatic N) is 2. The standard InChI is InChI=1S/C15H16N4O/c1-10(16)12-7-6-11(8-17-12)19-9-15(20)18-13-4-2-3-5-14(13)19/h2-8,10H,9,16H2,1H3,(H,18,20)/t10-/m1/s1. The second kappa shape index (κ2) is 4.94. The van der Waals surface area contributed by atoms with E-state index in [0.29, 0.717) is 0 Å². The molecule has 1 aliphatic rings. The summed E-state index contributed by atoms with van der Waals surface area (Å²) in [6.07, 6.45) is 1.76. The Morgan fingerprint density at radius 2 is 2.10 bits per heavy atom. The van der Waals surface area contributed by atoms with Crippen molar-refractivity contribution in [3.05, 3.63) is 48.3 Å². The Labute approximate surface area is 117 Å². The minimum Gasteiger partial charge on any atom is -0.329 e. The van der Waals surface area contributed by atoms with Gasteiger partial charge in [-0.3, -0.25) is 9.78 Å². The van der Waals surface area contributed by atoms with Gasteiger partial charge in [0.1, 0.15) is 6.54 Å². The average molecular weight is 268 g/mol. The number of para-hydroxylation sites is 2. The molecule has 2 heterocycles. The van der Waals surface area contributed by atoms with Crippen molar-refractivity contribution in [3.8, 4) is 0 Å². The van der Waals surface area contributed by atoms with Crippen LogP contribution < -0.4 is 16.0 Å². The molecule has 2 aromatic rings. The molecule has 0 radical (unpaired) electrons. The van der Waals surface area contributed by atoms with E-state index in [2.05, 4.69) is 10.3 Å². The minimum absolute atomic E-state index is 0.0278. The molecule has 3 N–H and O–H groups in total. The molecule has 0 saturated heterocycles. The predicted molar refractivity (Wildman–Crippen MR) is 78.9 cm³/mol. The van der Waals surface area contributed by atoms with Crippen molar-refractivity contribution in [1.82, 2.24) is 4.98 Å². The number of nitrogens with one attached hydrogen (secondary N) is 1. The molecule has 102 valence electrons. The molecule has 0 unspecified atom stereocenters. The molecule has 0 aliphatic carbocycles. The van der Waals surface area contributed by atoms with E-state index in [9.17, 15) is 4.79 Å². The summed E-state index contributed by atoms with van der Waals surface area (Å²) in [5.74, 6) is -0.0278. The van der Waals surface area contributed by atoms with Gasteiger partial charge in [0.05, 0.1) is 29.0 Å².